The molecule has 5 heteroatoms. The van der Waals surface area contributed by atoms with Gasteiger partial charge >= 0.3 is 0 Å². The minimum atomic E-state index is -0.186. The molecule has 1 N–H and O–H groups in total. The van der Waals surface area contributed by atoms with Crippen LogP contribution in [0.2, 0.25) is 0 Å². The van der Waals surface area contributed by atoms with Gasteiger partial charge in [0.2, 0.25) is 0 Å². The molecule has 0 saturated carbocycles. The molecule has 1 amide bonds. The van der Waals surface area contributed by atoms with Gasteiger partial charge in [-0.25, -0.2) is 0 Å². The molecule has 0 saturated heterocycles. The molecule has 0 aliphatic carbocycles. The molecule has 0 unspecified atom stereocenters. The van der Waals surface area contributed by atoms with E-state index in [9.17, 15) is 4.79 Å². The van der Waals surface area contributed by atoms with Gasteiger partial charge in [-0.1, -0.05) is 46.3 Å². The van der Waals surface area contributed by atoms with Gasteiger partial charge in [0.1, 0.15) is 24.7 Å². The zero-order valence-electron chi connectivity index (χ0n) is 14.0. The number of hydrogen-bond donors (Lipinski definition) is 1. The van der Waals surface area contributed by atoms with Gasteiger partial charge in [0.25, 0.3) is 5.91 Å². The Morgan fingerprint density at radius 3 is 2.23 bits per heavy atom. The van der Waals surface area contributed by atoms with Gasteiger partial charge in [-0.15, -0.1) is 0 Å². The van der Waals surface area contributed by atoms with Gasteiger partial charge in [0.15, 0.2) is 0 Å². The predicted octanol–water partition coefficient (Wildman–Crippen LogP) is 5.16. The Kier molecular flexibility index (Phi) is 6.28. The second-order valence-corrected chi connectivity index (χ2v) is 6.38. The number of rotatable bonds is 7. The number of nitrogens with one attached hydrogen (secondary N) is 1. The van der Waals surface area contributed by atoms with Crippen molar-refractivity contribution in [3.05, 3.63) is 88.9 Å². The average molecular weight is 412 g/mol. The van der Waals surface area contributed by atoms with Gasteiger partial charge in [-0.05, 0) is 48.5 Å². The third-order valence-corrected chi connectivity index (χ3v) is 4.12. The first-order chi connectivity index (χ1) is 12.7. The van der Waals surface area contributed by atoms with Crippen LogP contribution in [0.25, 0.3) is 0 Å². The molecule has 0 aliphatic rings. The fourth-order valence-electron chi connectivity index (χ4n) is 2.32. The van der Waals surface area contributed by atoms with E-state index < -0.39 is 0 Å². The molecule has 0 aliphatic heterocycles. The van der Waals surface area contributed by atoms with Crippen molar-refractivity contribution < 1.29 is 14.3 Å². The summed E-state index contributed by atoms with van der Waals surface area (Å²) in [5.41, 5.74) is 1.20. The second-order valence-electron chi connectivity index (χ2n) is 5.47. The first kappa shape index (κ1) is 18.0. The Hall–Kier alpha value is -2.79. The van der Waals surface area contributed by atoms with Crippen molar-refractivity contribution in [1.82, 2.24) is 0 Å². The van der Waals surface area contributed by atoms with Crippen LogP contribution in [0.4, 0.5) is 5.69 Å². The van der Waals surface area contributed by atoms with Crippen LogP contribution >= 0.6 is 15.9 Å². The summed E-state index contributed by atoms with van der Waals surface area (Å²) in [5.74, 6) is 1.22. The molecule has 26 heavy (non-hydrogen) atoms. The van der Waals surface area contributed by atoms with Crippen LogP contribution < -0.4 is 14.8 Å². The maximum absolute atomic E-state index is 12.4. The lowest BCUT2D eigenvalue weighted by atomic mass is 10.2. The van der Waals surface area contributed by atoms with Crippen LogP contribution in [-0.2, 0) is 0 Å². The molecule has 0 bridgehead atoms. The van der Waals surface area contributed by atoms with E-state index in [1.807, 2.05) is 66.7 Å². The number of carbonyl (C=O) groups is 1. The summed E-state index contributed by atoms with van der Waals surface area (Å²) in [5, 5.41) is 2.88. The maximum Gasteiger partial charge on any atom is 0.255 e. The third kappa shape index (κ3) is 5.10. The van der Waals surface area contributed by atoms with Crippen molar-refractivity contribution in [3.8, 4) is 11.5 Å². The number of benzene rings is 3. The van der Waals surface area contributed by atoms with E-state index in [0.717, 1.165) is 10.2 Å². The molecule has 0 heterocycles. The quantitative estimate of drug-likeness (QED) is 0.546. The Labute approximate surface area is 160 Å². The number of carbonyl (C=O) groups excluding carboxylic acids is 1. The molecule has 3 rings (SSSR count). The van der Waals surface area contributed by atoms with Crippen LogP contribution in [0.5, 0.6) is 11.5 Å². The molecular weight excluding hydrogens is 394 g/mol. The lowest BCUT2D eigenvalue weighted by Crippen LogP contribution is -2.14. The van der Waals surface area contributed by atoms with Crippen LogP contribution in [-0.4, -0.2) is 19.1 Å². The SMILES string of the molecule is O=C(Nc1ccccc1OCCOc1ccccc1)c1ccc(Br)cc1. The molecule has 0 fully saturated rings. The lowest BCUT2D eigenvalue weighted by Gasteiger charge is -2.13. The Bertz CT molecular complexity index is 851. The summed E-state index contributed by atoms with van der Waals surface area (Å²) in [4.78, 5) is 12.4. The van der Waals surface area contributed by atoms with E-state index in [-0.39, 0.29) is 5.91 Å². The fraction of sp³-hybridized carbons (Fsp3) is 0.0952. The minimum Gasteiger partial charge on any atom is -0.490 e. The van der Waals surface area contributed by atoms with E-state index in [1.54, 1.807) is 12.1 Å². The summed E-state index contributed by atoms with van der Waals surface area (Å²) in [6, 6.07) is 24.1. The van der Waals surface area contributed by atoms with E-state index >= 15 is 0 Å². The van der Waals surface area contributed by atoms with Gasteiger partial charge in [0.05, 0.1) is 5.69 Å². The maximum atomic E-state index is 12.4. The first-order valence-corrected chi connectivity index (χ1v) is 8.98. The zero-order valence-corrected chi connectivity index (χ0v) is 15.6. The molecule has 4 nitrogen and oxygen atoms in total. The molecule has 0 spiro atoms. The Morgan fingerprint density at radius 1 is 0.808 bits per heavy atom. The number of para-hydroxylation sites is 3. The summed E-state index contributed by atoms with van der Waals surface area (Å²) in [7, 11) is 0. The fourth-order valence-corrected chi connectivity index (χ4v) is 2.58. The predicted molar refractivity (Wildman–Crippen MR) is 106 cm³/mol. The standard InChI is InChI=1S/C21H18BrNO3/c22-17-12-10-16(11-13-17)21(24)23-19-8-4-5-9-20(19)26-15-14-25-18-6-2-1-3-7-18/h1-13H,14-15H2,(H,23,24). The van der Waals surface area contributed by atoms with Gasteiger partial charge in [-0.3, -0.25) is 4.79 Å². The smallest absolute Gasteiger partial charge is 0.255 e. The topological polar surface area (TPSA) is 47.6 Å². The van der Waals surface area contributed by atoms with E-state index in [2.05, 4.69) is 21.2 Å². The highest BCUT2D eigenvalue weighted by molar-refractivity contribution is 9.10. The van der Waals surface area contributed by atoms with E-state index in [0.29, 0.717) is 30.2 Å². The number of amides is 1. The minimum absolute atomic E-state index is 0.186. The van der Waals surface area contributed by atoms with Gasteiger partial charge in [0, 0.05) is 10.0 Å². The number of hydrogen-bond acceptors (Lipinski definition) is 3. The second kappa shape index (κ2) is 9.06. The third-order valence-electron chi connectivity index (χ3n) is 3.59. The summed E-state index contributed by atoms with van der Waals surface area (Å²) in [6.07, 6.45) is 0. The van der Waals surface area contributed by atoms with Crippen molar-refractivity contribution >= 4 is 27.5 Å². The Morgan fingerprint density at radius 2 is 1.46 bits per heavy atom. The largest absolute Gasteiger partial charge is 0.490 e. The number of ether oxygens (including phenoxy) is 2. The van der Waals surface area contributed by atoms with E-state index in [1.165, 1.54) is 0 Å². The van der Waals surface area contributed by atoms with Crippen LogP contribution in [0.1, 0.15) is 10.4 Å². The highest BCUT2D eigenvalue weighted by Crippen LogP contribution is 2.24. The molecule has 3 aromatic carbocycles. The number of anilines is 1. The van der Waals surface area contributed by atoms with Gasteiger partial charge in [-0.2, -0.15) is 0 Å². The average Bonchev–Trinajstić information content (AvgIpc) is 2.68. The molecule has 3 aromatic rings. The normalized spacial score (nSPS) is 10.2. The monoisotopic (exact) mass is 411 g/mol. The molecule has 132 valence electrons. The highest BCUT2D eigenvalue weighted by Gasteiger charge is 2.09. The first-order valence-electron chi connectivity index (χ1n) is 8.19. The van der Waals surface area contributed by atoms with Crippen molar-refractivity contribution in [2.75, 3.05) is 18.5 Å². The molecule has 0 aromatic heterocycles. The number of halogens is 1. The zero-order chi connectivity index (χ0) is 18.2. The molecular formula is C21H18BrNO3. The summed E-state index contributed by atoms with van der Waals surface area (Å²) in [6.45, 7) is 0.791. The lowest BCUT2D eigenvalue weighted by molar-refractivity contribution is 0.102. The van der Waals surface area contributed by atoms with Crippen molar-refractivity contribution in [1.29, 1.82) is 0 Å². The highest BCUT2D eigenvalue weighted by atomic mass is 79.9. The molecule has 0 radical (unpaired) electrons. The summed E-state index contributed by atoms with van der Waals surface area (Å²) < 4.78 is 12.3. The summed E-state index contributed by atoms with van der Waals surface area (Å²) >= 11 is 3.36. The van der Waals surface area contributed by atoms with Crippen LogP contribution in [0, 0.1) is 0 Å². The van der Waals surface area contributed by atoms with Crippen molar-refractivity contribution in [2.45, 2.75) is 0 Å². The van der Waals surface area contributed by atoms with Crippen LogP contribution in [0.15, 0.2) is 83.3 Å². The van der Waals surface area contributed by atoms with Crippen molar-refractivity contribution in [3.63, 3.8) is 0 Å². The molecule has 0 atom stereocenters. The van der Waals surface area contributed by atoms with Crippen molar-refractivity contribution in [2.24, 2.45) is 0 Å². The van der Waals surface area contributed by atoms with Gasteiger partial charge < -0.3 is 14.8 Å². The van der Waals surface area contributed by atoms with Crippen LogP contribution in [0.3, 0.4) is 0 Å². The Balaban J connectivity index is 1.57. The van der Waals surface area contributed by atoms with E-state index in [4.69, 9.17) is 9.47 Å².